The quantitative estimate of drug-likeness (QED) is 0.860. The van der Waals surface area contributed by atoms with Crippen LogP contribution in [0.1, 0.15) is 18.7 Å². The van der Waals surface area contributed by atoms with Crippen LogP contribution in [-0.2, 0) is 6.54 Å². The lowest BCUT2D eigenvalue weighted by atomic mass is 9.98. The number of halogens is 6. The highest BCUT2D eigenvalue weighted by Crippen LogP contribution is 2.46. The van der Waals surface area contributed by atoms with Gasteiger partial charge >= 0.3 is 12.4 Å². The first-order valence-corrected chi connectivity index (χ1v) is 4.79. The Hall–Kier alpha value is -1.32. The van der Waals surface area contributed by atoms with Crippen LogP contribution in [0.25, 0.3) is 0 Å². The highest BCUT2D eigenvalue weighted by molar-refractivity contribution is 5.04. The zero-order chi connectivity index (χ0) is 14.1. The molecule has 1 unspecified atom stereocenters. The summed E-state index contributed by atoms with van der Waals surface area (Å²) in [5, 5.41) is 15.8. The summed E-state index contributed by atoms with van der Waals surface area (Å²) in [5.41, 5.74) is -0.628. The van der Waals surface area contributed by atoms with Crippen LogP contribution >= 0.6 is 0 Å². The van der Waals surface area contributed by atoms with Gasteiger partial charge in [0, 0.05) is 6.54 Å². The molecule has 104 valence electrons. The summed E-state index contributed by atoms with van der Waals surface area (Å²) in [6.45, 7) is 1.44. The summed E-state index contributed by atoms with van der Waals surface area (Å²) in [6.07, 6.45) is -13.3. The maximum Gasteiger partial charge on any atom is 0.403 e. The van der Waals surface area contributed by atoms with Gasteiger partial charge in [0.2, 0.25) is 0 Å². The van der Waals surface area contributed by atoms with Gasteiger partial charge in [-0.1, -0.05) is 5.21 Å². The zero-order valence-corrected chi connectivity index (χ0v) is 9.00. The molecule has 1 rings (SSSR count). The monoisotopic (exact) mass is 277 g/mol. The molecule has 0 saturated carbocycles. The normalized spacial score (nSPS) is 15.2. The van der Waals surface area contributed by atoms with Crippen LogP contribution in [0, 0.1) is 5.92 Å². The van der Waals surface area contributed by atoms with E-state index >= 15 is 0 Å². The Morgan fingerprint density at radius 2 is 1.72 bits per heavy atom. The molecule has 4 nitrogen and oxygen atoms in total. The second kappa shape index (κ2) is 4.75. The first-order chi connectivity index (χ1) is 8.09. The first-order valence-electron chi connectivity index (χ1n) is 4.79. The third kappa shape index (κ3) is 2.92. The molecule has 1 aromatic rings. The number of hydrogen-bond acceptors (Lipinski definition) is 3. The van der Waals surface area contributed by atoms with Crippen LogP contribution < -0.4 is 0 Å². The molecule has 1 atom stereocenters. The van der Waals surface area contributed by atoms with Crippen molar-refractivity contribution in [3.05, 3.63) is 11.9 Å². The summed E-state index contributed by atoms with van der Waals surface area (Å²) in [6, 6.07) is 0. The lowest BCUT2D eigenvalue weighted by Gasteiger charge is -2.27. The Labute approximate surface area is 97.2 Å². The molecule has 0 saturated heterocycles. The van der Waals surface area contributed by atoms with Gasteiger partial charge < -0.3 is 5.11 Å². The molecule has 0 aromatic carbocycles. The van der Waals surface area contributed by atoms with E-state index in [0.717, 1.165) is 4.68 Å². The highest BCUT2D eigenvalue weighted by Gasteiger charge is 2.61. The zero-order valence-electron chi connectivity index (χ0n) is 9.00. The number of alkyl halides is 6. The molecule has 0 aliphatic rings. The first kappa shape index (κ1) is 14.7. The Bertz CT molecular complexity index is 384. The van der Waals surface area contributed by atoms with Gasteiger partial charge in [-0.15, -0.1) is 5.10 Å². The molecule has 1 N–H and O–H groups in total. The molecule has 10 heteroatoms. The standard InChI is InChI=1S/C8H9F6N3O/c1-2-17-4(3-15-16-17)5(18)6(7(9,10)11)8(12,13)14/h3,5-6,18H,2H2,1H3. The molecular weight excluding hydrogens is 268 g/mol. The Morgan fingerprint density at radius 1 is 1.22 bits per heavy atom. The van der Waals surface area contributed by atoms with Crippen molar-refractivity contribution in [2.45, 2.75) is 31.9 Å². The van der Waals surface area contributed by atoms with Gasteiger partial charge in [-0.25, -0.2) is 4.68 Å². The van der Waals surface area contributed by atoms with E-state index in [4.69, 9.17) is 0 Å². The smallest absolute Gasteiger partial charge is 0.386 e. The second-order valence-electron chi connectivity index (χ2n) is 3.48. The summed E-state index contributed by atoms with van der Waals surface area (Å²) < 4.78 is 75.0. The minimum absolute atomic E-state index is 0.00513. The molecular formula is C8H9F6N3O. The van der Waals surface area contributed by atoms with E-state index in [-0.39, 0.29) is 6.54 Å². The predicted molar refractivity (Wildman–Crippen MR) is 46.3 cm³/mol. The van der Waals surface area contributed by atoms with Crippen molar-refractivity contribution >= 4 is 0 Å². The maximum atomic E-state index is 12.4. The van der Waals surface area contributed by atoms with Crippen molar-refractivity contribution in [1.29, 1.82) is 0 Å². The summed E-state index contributed by atoms with van der Waals surface area (Å²) in [5.74, 6) is -3.87. The SMILES string of the molecule is CCn1nncc1C(O)C(C(F)(F)F)C(F)(F)F. The van der Waals surface area contributed by atoms with E-state index in [2.05, 4.69) is 10.3 Å². The fourth-order valence-electron chi connectivity index (χ4n) is 1.45. The lowest BCUT2D eigenvalue weighted by Crippen LogP contribution is -2.41. The number of rotatable bonds is 3. The molecule has 0 aliphatic heterocycles. The Morgan fingerprint density at radius 3 is 2.11 bits per heavy atom. The fraction of sp³-hybridized carbons (Fsp3) is 0.750. The molecule has 0 spiro atoms. The minimum atomic E-state index is -5.61. The lowest BCUT2D eigenvalue weighted by molar-refractivity contribution is -0.308. The van der Waals surface area contributed by atoms with Crippen molar-refractivity contribution in [1.82, 2.24) is 15.0 Å². The van der Waals surface area contributed by atoms with Crippen molar-refractivity contribution in [3.63, 3.8) is 0 Å². The molecule has 0 bridgehead atoms. The molecule has 1 aromatic heterocycles. The van der Waals surface area contributed by atoms with Crippen LogP contribution in [-0.4, -0.2) is 32.5 Å². The fourth-order valence-corrected chi connectivity index (χ4v) is 1.45. The van der Waals surface area contributed by atoms with Crippen LogP contribution in [0.2, 0.25) is 0 Å². The van der Waals surface area contributed by atoms with Gasteiger partial charge in [0.15, 0.2) is 5.92 Å². The number of nitrogens with zero attached hydrogens (tertiary/aromatic N) is 3. The summed E-state index contributed by atoms with van der Waals surface area (Å²) in [4.78, 5) is 0. The maximum absolute atomic E-state index is 12.4. The Kier molecular flexibility index (Phi) is 3.89. The summed E-state index contributed by atoms with van der Waals surface area (Å²) >= 11 is 0. The van der Waals surface area contributed by atoms with E-state index < -0.39 is 30.1 Å². The van der Waals surface area contributed by atoms with E-state index in [1.807, 2.05) is 0 Å². The number of hydrogen-bond donors (Lipinski definition) is 1. The van der Waals surface area contributed by atoms with Gasteiger partial charge in [-0.05, 0) is 6.92 Å². The van der Waals surface area contributed by atoms with Crippen LogP contribution in [0.3, 0.4) is 0 Å². The average Bonchev–Trinajstić information content (AvgIpc) is 2.59. The highest BCUT2D eigenvalue weighted by atomic mass is 19.4. The van der Waals surface area contributed by atoms with Crippen LogP contribution in [0.4, 0.5) is 26.3 Å². The number of aryl methyl sites for hydroxylation is 1. The third-order valence-electron chi connectivity index (χ3n) is 2.27. The summed E-state index contributed by atoms with van der Waals surface area (Å²) in [7, 11) is 0. The van der Waals surface area contributed by atoms with Crippen molar-refractivity contribution in [2.24, 2.45) is 5.92 Å². The minimum Gasteiger partial charge on any atom is -0.386 e. The van der Waals surface area contributed by atoms with Gasteiger partial charge in [0.25, 0.3) is 0 Å². The molecule has 0 fully saturated rings. The third-order valence-corrected chi connectivity index (χ3v) is 2.27. The molecule has 18 heavy (non-hydrogen) atoms. The number of aromatic nitrogens is 3. The van der Waals surface area contributed by atoms with E-state index in [1.54, 1.807) is 0 Å². The molecule has 1 heterocycles. The van der Waals surface area contributed by atoms with Crippen molar-refractivity contribution in [3.8, 4) is 0 Å². The van der Waals surface area contributed by atoms with Crippen LogP contribution in [0.15, 0.2) is 6.20 Å². The van der Waals surface area contributed by atoms with Crippen molar-refractivity contribution < 1.29 is 31.4 Å². The van der Waals surface area contributed by atoms with Gasteiger partial charge in [-0.2, -0.15) is 26.3 Å². The van der Waals surface area contributed by atoms with E-state index in [0.29, 0.717) is 6.20 Å². The van der Waals surface area contributed by atoms with Gasteiger partial charge in [-0.3, -0.25) is 0 Å². The van der Waals surface area contributed by atoms with Crippen LogP contribution in [0.5, 0.6) is 0 Å². The molecule has 0 aliphatic carbocycles. The van der Waals surface area contributed by atoms with E-state index in [1.165, 1.54) is 6.92 Å². The number of aliphatic hydroxyl groups excluding tert-OH is 1. The Balaban J connectivity index is 3.16. The largest absolute Gasteiger partial charge is 0.403 e. The number of aliphatic hydroxyl groups is 1. The predicted octanol–water partition coefficient (Wildman–Crippen LogP) is 2.07. The average molecular weight is 277 g/mol. The second-order valence-corrected chi connectivity index (χ2v) is 3.48. The van der Waals surface area contributed by atoms with Gasteiger partial charge in [0.1, 0.15) is 6.10 Å². The van der Waals surface area contributed by atoms with Gasteiger partial charge in [0.05, 0.1) is 11.9 Å². The topological polar surface area (TPSA) is 50.9 Å². The molecule has 0 radical (unpaired) electrons. The van der Waals surface area contributed by atoms with E-state index in [9.17, 15) is 31.4 Å². The molecule has 0 amide bonds. The van der Waals surface area contributed by atoms with Crippen molar-refractivity contribution in [2.75, 3.05) is 0 Å².